The maximum atomic E-state index is 13.4. The van der Waals surface area contributed by atoms with Crippen LogP contribution in [0.25, 0.3) is 10.2 Å². The highest BCUT2D eigenvalue weighted by atomic mass is 32.2. The highest BCUT2D eigenvalue weighted by Crippen LogP contribution is 2.34. The van der Waals surface area contributed by atoms with Gasteiger partial charge >= 0.3 is 0 Å². The predicted octanol–water partition coefficient (Wildman–Crippen LogP) is 4.91. The van der Waals surface area contributed by atoms with Gasteiger partial charge in [0.25, 0.3) is 5.56 Å². The summed E-state index contributed by atoms with van der Waals surface area (Å²) < 4.78 is 12.2. The molecule has 4 rings (SSSR count). The first-order valence-corrected chi connectivity index (χ1v) is 12.4. The van der Waals surface area contributed by atoms with Gasteiger partial charge in [-0.3, -0.25) is 14.2 Å². The number of methoxy groups -OCH3 is 2. The molecule has 0 unspecified atom stereocenters. The Morgan fingerprint density at radius 2 is 2.06 bits per heavy atom. The van der Waals surface area contributed by atoms with E-state index in [-0.39, 0.29) is 17.1 Å². The Kier molecular flexibility index (Phi) is 7.01. The molecule has 1 aliphatic rings. The zero-order valence-electron chi connectivity index (χ0n) is 18.3. The summed E-state index contributed by atoms with van der Waals surface area (Å²) in [6.45, 7) is 4.16. The normalized spacial score (nSPS) is 13.4. The lowest BCUT2D eigenvalue weighted by Crippen LogP contribution is -2.23. The lowest BCUT2D eigenvalue weighted by molar-refractivity contribution is 0.101. The average molecular weight is 471 g/mol. The Bertz CT molecular complexity index is 1230. The van der Waals surface area contributed by atoms with Crippen LogP contribution in [0.2, 0.25) is 0 Å². The minimum Gasteiger partial charge on any atom is -0.497 e. The third kappa shape index (κ3) is 4.34. The molecule has 3 aromatic rings. The van der Waals surface area contributed by atoms with E-state index in [0.717, 1.165) is 35.9 Å². The van der Waals surface area contributed by atoms with E-state index in [2.05, 4.69) is 6.58 Å². The molecule has 0 saturated carbocycles. The van der Waals surface area contributed by atoms with Crippen molar-refractivity contribution < 1.29 is 14.3 Å². The molecule has 0 amide bonds. The Morgan fingerprint density at radius 1 is 1.25 bits per heavy atom. The summed E-state index contributed by atoms with van der Waals surface area (Å²) in [5.74, 6) is 1.12. The summed E-state index contributed by atoms with van der Waals surface area (Å²) in [7, 11) is 3.09. The molecular formula is C24H26N2O4S2. The molecule has 6 nitrogen and oxygen atoms in total. The maximum absolute atomic E-state index is 13.4. The molecule has 0 atom stereocenters. The van der Waals surface area contributed by atoms with Gasteiger partial charge in [0.2, 0.25) is 0 Å². The summed E-state index contributed by atoms with van der Waals surface area (Å²) in [6, 6.07) is 5.12. The molecule has 0 bridgehead atoms. The van der Waals surface area contributed by atoms with Crippen LogP contribution < -0.4 is 15.0 Å². The number of aryl methyl sites for hydroxylation is 2. The quantitative estimate of drug-likeness (QED) is 0.153. The van der Waals surface area contributed by atoms with E-state index in [0.29, 0.717) is 28.8 Å². The number of hydrogen-bond acceptors (Lipinski definition) is 7. The zero-order valence-corrected chi connectivity index (χ0v) is 19.9. The molecule has 0 radical (unpaired) electrons. The highest BCUT2D eigenvalue weighted by molar-refractivity contribution is 7.99. The molecule has 32 heavy (non-hydrogen) atoms. The first-order chi connectivity index (χ1) is 15.6. The van der Waals surface area contributed by atoms with Crippen LogP contribution in [0, 0.1) is 0 Å². The lowest BCUT2D eigenvalue weighted by atomic mass is 10.1. The van der Waals surface area contributed by atoms with Crippen LogP contribution in [0.1, 0.15) is 40.1 Å². The van der Waals surface area contributed by atoms with E-state index in [1.807, 2.05) is 0 Å². The summed E-state index contributed by atoms with van der Waals surface area (Å²) in [4.78, 5) is 33.2. The van der Waals surface area contributed by atoms with Gasteiger partial charge in [-0.15, -0.1) is 17.9 Å². The zero-order chi connectivity index (χ0) is 22.7. The number of ether oxygens (including phenoxy) is 2. The Hall–Kier alpha value is -2.58. The van der Waals surface area contributed by atoms with Crippen molar-refractivity contribution in [3.05, 3.63) is 57.2 Å². The number of ketones is 1. The number of fused-ring (bicyclic) bond motifs is 3. The first kappa shape index (κ1) is 22.6. The van der Waals surface area contributed by atoms with Crippen LogP contribution in [0.4, 0.5) is 0 Å². The molecule has 2 aromatic heterocycles. The SMILES string of the molecule is C=CCn1c(SCC(=O)c2ccc(OC)cc2OC)nc2sc3c(c2c1=O)CCCCC3. The highest BCUT2D eigenvalue weighted by Gasteiger charge is 2.22. The fraction of sp³-hybridized carbons (Fsp3) is 0.375. The molecule has 0 spiro atoms. The number of thiophene rings is 1. The fourth-order valence-electron chi connectivity index (χ4n) is 4.03. The summed E-state index contributed by atoms with van der Waals surface area (Å²) in [5, 5.41) is 1.29. The van der Waals surface area contributed by atoms with Gasteiger partial charge in [0.05, 0.1) is 30.9 Å². The van der Waals surface area contributed by atoms with Crippen molar-refractivity contribution in [1.29, 1.82) is 0 Å². The third-order valence-electron chi connectivity index (χ3n) is 5.64. The molecule has 0 aliphatic heterocycles. The monoisotopic (exact) mass is 470 g/mol. The molecule has 0 saturated heterocycles. The van der Waals surface area contributed by atoms with Gasteiger partial charge in [0, 0.05) is 17.5 Å². The molecule has 0 N–H and O–H groups in total. The number of aromatic nitrogens is 2. The molecular weight excluding hydrogens is 444 g/mol. The van der Waals surface area contributed by atoms with Gasteiger partial charge in [0.1, 0.15) is 16.3 Å². The molecule has 2 heterocycles. The Balaban J connectivity index is 1.67. The van der Waals surface area contributed by atoms with Gasteiger partial charge in [-0.1, -0.05) is 24.3 Å². The number of carbonyl (C=O) groups is 1. The molecule has 0 fully saturated rings. The van der Waals surface area contributed by atoms with Gasteiger partial charge < -0.3 is 9.47 Å². The Morgan fingerprint density at radius 3 is 2.81 bits per heavy atom. The fourth-order valence-corrected chi connectivity index (χ4v) is 6.23. The van der Waals surface area contributed by atoms with Gasteiger partial charge in [-0.25, -0.2) is 4.98 Å². The number of benzene rings is 1. The van der Waals surface area contributed by atoms with E-state index >= 15 is 0 Å². The van der Waals surface area contributed by atoms with Crippen molar-refractivity contribution in [2.24, 2.45) is 0 Å². The van der Waals surface area contributed by atoms with Crippen molar-refractivity contribution >= 4 is 39.1 Å². The maximum Gasteiger partial charge on any atom is 0.263 e. The second-order valence-corrected chi connectivity index (χ2v) is 9.65. The van der Waals surface area contributed by atoms with Crippen LogP contribution in [0.3, 0.4) is 0 Å². The number of rotatable bonds is 8. The van der Waals surface area contributed by atoms with Gasteiger partial charge in [-0.2, -0.15) is 0 Å². The number of hydrogen-bond donors (Lipinski definition) is 0. The van der Waals surface area contributed by atoms with Crippen LogP contribution in [0.5, 0.6) is 11.5 Å². The average Bonchev–Trinajstić information content (AvgIpc) is 3.00. The van der Waals surface area contributed by atoms with Crippen LogP contribution in [0.15, 0.2) is 40.8 Å². The molecule has 8 heteroatoms. The Labute approximate surface area is 195 Å². The standard InChI is InChI=1S/C24H26N2O4S2/c1-4-12-26-23(28)21-17-8-6-5-7-9-20(17)32-22(21)25-24(26)31-14-18(27)16-11-10-15(29-2)13-19(16)30-3/h4,10-11,13H,1,5-9,12,14H2,2-3H3. The topological polar surface area (TPSA) is 70.4 Å². The predicted molar refractivity (Wildman–Crippen MR) is 130 cm³/mol. The van der Waals surface area contributed by atoms with Crippen molar-refractivity contribution in [2.75, 3.05) is 20.0 Å². The van der Waals surface area contributed by atoms with Crippen LogP contribution in [-0.4, -0.2) is 35.3 Å². The summed E-state index contributed by atoms with van der Waals surface area (Å²) >= 11 is 2.90. The number of Topliss-reactive ketones (excluding diaryl/α,β-unsaturated/α-hetero) is 1. The second kappa shape index (κ2) is 9.92. The van der Waals surface area contributed by atoms with Gasteiger partial charge in [0.15, 0.2) is 10.9 Å². The number of allylic oxidation sites excluding steroid dienone is 1. The lowest BCUT2D eigenvalue weighted by Gasteiger charge is -2.12. The van der Waals surface area contributed by atoms with Gasteiger partial charge in [-0.05, 0) is 43.4 Å². The molecule has 1 aliphatic carbocycles. The van der Waals surface area contributed by atoms with E-state index < -0.39 is 0 Å². The van der Waals surface area contributed by atoms with E-state index in [4.69, 9.17) is 14.5 Å². The number of carbonyl (C=O) groups excluding carboxylic acids is 1. The minimum atomic E-state index is -0.101. The van der Waals surface area contributed by atoms with Crippen LogP contribution in [-0.2, 0) is 19.4 Å². The van der Waals surface area contributed by atoms with E-state index in [1.165, 1.54) is 35.7 Å². The molecule has 168 valence electrons. The minimum absolute atomic E-state index is 0.0359. The van der Waals surface area contributed by atoms with Crippen molar-refractivity contribution in [3.8, 4) is 11.5 Å². The summed E-state index contributed by atoms with van der Waals surface area (Å²) in [6.07, 6.45) is 7.09. The number of thioether (sulfide) groups is 1. The van der Waals surface area contributed by atoms with Crippen molar-refractivity contribution in [2.45, 2.75) is 43.8 Å². The summed E-state index contributed by atoms with van der Waals surface area (Å²) in [5.41, 5.74) is 1.61. The second-order valence-electron chi connectivity index (χ2n) is 7.62. The van der Waals surface area contributed by atoms with E-state index in [1.54, 1.807) is 47.3 Å². The first-order valence-electron chi connectivity index (χ1n) is 10.6. The van der Waals surface area contributed by atoms with Crippen molar-refractivity contribution in [1.82, 2.24) is 9.55 Å². The van der Waals surface area contributed by atoms with Crippen molar-refractivity contribution in [3.63, 3.8) is 0 Å². The third-order valence-corrected chi connectivity index (χ3v) is 7.81. The smallest absolute Gasteiger partial charge is 0.263 e. The number of nitrogens with zero attached hydrogens (tertiary/aromatic N) is 2. The van der Waals surface area contributed by atoms with E-state index in [9.17, 15) is 9.59 Å². The largest absolute Gasteiger partial charge is 0.497 e. The molecule has 1 aromatic carbocycles. The van der Waals surface area contributed by atoms with Crippen LogP contribution >= 0.6 is 23.1 Å².